The van der Waals surface area contributed by atoms with Gasteiger partial charge in [0.05, 0.1) is 6.61 Å². The average molecular weight is 279 g/mol. The van der Waals surface area contributed by atoms with Crippen molar-refractivity contribution in [2.75, 3.05) is 13.2 Å². The fourth-order valence-electron chi connectivity index (χ4n) is 1.84. The number of aliphatic hydroxyl groups is 1. The molecule has 1 aromatic carbocycles. The molecule has 0 aliphatic carbocycles. The van der Waals surface area contributed by atoms with Crippen LogP contribution in [0.5, 0.6) is 5.75 Å². The molecule has 1 unspecified atom stereocenters. The van der Waals surface area contributed by atoms with Crippen LogP contribution in [0.15, 0.2) is 24.3 Å². The van der Waals surface area contributed by atoms with E-state index in [0.29, 0.717) is 18.6 Å². The standard InChI is InChI=1S/C16H25NO3/c1-4-12-20-14-8-6-13(7-9-14)15(19)17-16(3,5-2)10-11-18/h6-9,18H,4-5,10-12H2,1-3H3,(H,17,19). The van der Waals surface area contributed by atoms with Crippen LogP contribution < -0.4 is 10.1 Å². The second-order valence-corrected chi connectivity index (χ2v) is 5.21. The van der Waals surface area contributed by atoms with Crippen molar-refractivity contribution in [2.24, 2.45) is 0 Å². The highest BCUT2D eigenvalue weighted by molar-refractivity contribution is 5.94. The molecule has 0 radical (unpaired) electrons. The van der Waals surface area contributed by atoms with Crippen LogP contribution >= 0.6 is 0 Å². The zero-order valence-corrected chi connectivity index (χ0v) is 12.6. The van der Waals surface area contributed by atoms with E-state index in [-0.39, 0.29) is 18.1 Å². The molecule has 4 heteroatoms. The molecule has 4 nitrogen and oxygen atoms in total. The summed E-state index contributed by atoms with van der Waals surface area (Å²) in [5.41, 5.74) is 0.231. The van der Waals surface area contributed by atoms with E-state index in [2.05, 4.69) is 12.2 Å². The van der Waals surface area contributed by atoms with Gasteiger partial charge in [0.2, 0.25) is 0 Å². The van der Waals surface area contributed by atoms with Crippen LogP contribution in [-0.4, -0.2) is 29.8 Å². The van der Waals surface area contributed by atoms with E-state index in [1.54, 1.807) is 24.3 Å². The van der Waals surface area contributed by atoms with Gasteiger partial charge >= 0.3 is 0 Å². The second-order valence-electron chi connectivity index (χ2n) is 5.21. The van der Waals surface area contributed by atoms with Gasteiger partial charge in [0.25, 0.3) is 5.91 Å². The molecular formula is C16H25NO3. The van der Waals surface area contributed by atoms with Gasteiger partial charge < -0.3 is 15.2 Å². The van der Waals surface area contributed by atoms with Gasteiger partial charge in [-0.25, -0.2) is 0 Å². The number of hydrogen-bond acceptors (Lipinski definition) is 3. The Morgan fingerprint density at radius 2 is 1.95 bits per heavy atom. The molecule has 112 valence electrons. The maximum absolute atomic E-state index is 12.2. The van der Waals surface area contributed by atoms with Crippen LogP contribution in [0.2, 0.25) is 0 Å². The number of carbonyl (C=O) groups is 1. The van der Waals surface area contributed by atoms with Crippen LogP contribution in [-0.2, 0) is 0 Å². The summed E-state index contributed by atoms with van der Waals surface area (Å²) >= 11 is 0. The minimum Gasteiger partial charge on any atom is -0.494 e. The predicted molar refractivity (Wildman–Crippen MR) is 80.1 cm³/mol. The van der Waals surface area contributed by atoms with Gasteiger partial charge in [-0.1, -0.05) is 13.8 Å². The highest BCUT2D eigenvalue weighted by atomic mass is 16.5. The maximum atomic E-state index is 12.2. The van der Waals surface area contributed by atoms with Crippen LogP contribution in [0.25, 0.3) is 0 Å². The van der Waals surface area contributed by atoms with Gasteiger partial charge in [0.15, 0.2) is 0 Å². The molecule has 0 fully saturated rings. The molecule has 0 aliphatic heterocycles. The van der Waals surface area contributed by atoms with Crippen LogP contribution in [0, 0.1) is 0 Å². The van der Waals surface area contributed by atoms with Gasteiger partial charge in [0, 0.05) is 17.7 Å². The lowest BCUT2D eigenvalue weighted by Crippen LogP contribution is -2.46. The molecule has 1 amide bonds. The lowest BCUT2D eigenvalue weighted by Gasteiger charge is -2.29. The third kappa shape index (κ3) is 4.85. The van der Waals surface area contributed by atoms with Crippen molar-refractivity contribution in [1.82, 2.24) is 5.32 Å². The van der Waals surface area contributed by atoms with Crippen molar-refractivity contribution >= 4 is 5.91 Å². The number of nitrogens with one attached hydrogen (secondary N) is 1. The average Bonchev–Trinajstić information content (AvgIpc) is 2.45. The first kappa shape index (κ1) is 16.5. The van der Waals surface area contributed by atoms with Crippen LogP contribution in [0.4, 0.5) is 0 Å². The van der Waals surface area contributed by atoms with Crippen molar-refractivity contribution in [1.29, 1.82) is 0 Å². The normalized spacial score (nSPS) is 13.6. The van der Waals surface area contributed by atoms with E-state index in [9.17, 15) is 4.79 Å². The first-order valence-corrected chi connectivity index (χ1v) is 7.21. The first-order valence-electron chi connectivity index (χ1n) is 7.21. The van der Waals surface area contributed by atoms with Crippen LogP contribution in [0.3, 0.4) is 0 Å². The smallest absolute Gasteiger partial charge is 0.251 e. The molecule has 0 heterocycles. The Morgan fingerprint density at radius 3 is 2.45 bits per heavy atom. The van der Waals surface area contributed by atoms with E-state index in [1.807, 2.05) is 13.8 Å². The number of benzene rings is 1. The third-order valence-corrected chi connectivity index (χ3v) is 3.45. The highest BCUT2D eigenvalue weighted by Gasteiger charge is 2.24. The molecule has 1 atom stereocenters. The largest absolute Gasteiger partial charge is 0.494 e. The molecular weight excluding hydrogens is 254 g/mol. The Balaban J connectivity index is 2.67. The van der Waals surface area contributed by atoms with Gasteiger partial charge in [0.1, 0.15) is 5.75 Å². The number of carbonyl (C=O) groups excluding carboxylic acids is 1. The lowest BCUT2D eigenvalue weighted by atomic mass is 9.94. The summed E-state index contributed by atoms with van der Waals surface area (Å²) in [5, 5.41) is 12.1. The van der Waals surface area contributed by atoms with E-state index < -0.39 is 0 Å². The predicted octanol–water partition coefficient (Wildman–Crippen LogP) is 2.76. The van der Waals surface area contributed by atoms with Crippen molar-refractivity contribution in [3.63, 3.8) is 0 Å². The molecule has 0 spiro atoms. The van der Waals surface area contributed by atoms with E-state index in [0.717, 1.165) is 18.6 Å². The Morgan fingerprint density at radius 1 is 1.30 bits per heavy atom. The molecule has 20 heavy (non-hydrogen) atoms. The number of aliphatic hydroxyl groups excluding tert-OH is 1. The Labute approximate surface area is 121 Å². The molecule has 0 aromatic heterocycles. The number of rotatable bonds is 8. The zero-order valence-electron chi connectivity index (χ0n) is 12.6. The van der Waals surface area contributed by atoms with Crippen molar-refractivity contribution < 1.29 is 14.6 Å². The summed E-state index contributed by atoms with van der Waals surface area (Å²) in [4.78, 5) is 12.2. The summed E-state index contributed by atoms with van der Waals surface area (Å²) in [6.07, 6.45) is 2.28. The Kier molecular flexibility index (Phi) is 6.52. The fourth-order valence-corrected chi connectivity index (χ4v) is 1.84. The van der Waals surface area contributed by atoms with Crippen molar-refractivity contribution in [3.8, 4) is 5.75 Å². The van der Waals surface area contributed by atoms with E-state index >= 15 is 0 Å². The number of amides is 1. The minimum absolute atomic E-state index is 0.0639. The van der Waals surface area contributed by atoms with E-state index in [4.69, 9.17) is 9.84 Å². The summed E-state index contributed by atoms with van der Waals surface area (Å²) in [6.45, 7) is 6.73. The Bertz CT molecular complexity index is 416. The summed E-state index contributed by atoms with van der Waals surface area (Å²) in [5.74, 6) is 0.654. The van der Waals surface area contributed by atoms with Gasteiger partial charge in [-0.05, 0) is 50.5 Å². The molecule has 0 aliphatic rings. The molecule has 1 aromatic rings. The maximum Gasteiger partial charge on any atom is 0.251 e. The molecule has 1 rings (SSSR count). The van der Waals surface area contributed by atoms with Crippen molar-refractivity contribution in [3.05, 3.63) is 29.8 Å². The minimum atomic E-state index is -0.372. The molecule has 2 N–H and O–H groups in total. The van der Waals surface area contributed by atoms with Gasteiger partial charge in [-0.2, -0.15) is 0 Å². The van der Waals surface area contributed by atoms with Crippen molar-refractivity contribution in [2.45, 2.75) is 45.6 Å². The fraction of sp³-hybridized carbons (Fsp3) is 0.562. The molecule has 0 bridgehead atoms. The monoisotopic (exact) mass is 279 g/mol. The summed E-state index contributed by atoms with van der Waals surface area (Å²) < 4.78 is 5.49. The third-order valence-electron chi connectivity index (χ3n) is 3.45. The summed E-state index contributed by atoms with van der Waals surface area (Å²) in [6, 6.07) is 7.13. The van der Waals surface area contributed by atoms with E-state index in [1.165, 1.54) is 0 Å². The Hall–Kier alpha value is -1.55. The summed E-state index contributed by atoms with van der Waals surface area (Å²) in [7, 11) is 0. The highest BCUT2D eigenvalue weighted by Crippen LogP contribution is 2.17. The number of ether oxygens (including phenoxy) is 1. The second kappa shape index (κ2) is 7.90. The topological polar surface area (TPSA) is 58.6 Å². The lowest BCUT2D eigenvalue weighted by molar-refractivity contribution is 0.0886. The van der Waals surface area contributed by atoms with Crippen LogP contribution in [0.1, 0.15) is 50.4 Å². The van der Waals surface area contributed by atoms with Gasteiger partial charge in [-0.15, -0.1) is 0 Å². The molecule has 0 saturated carbocycles. The number of hydrogen-bond donors (Lipinski definition) is 2. The molecule has 0 saturated heterocycles. The first-order chi connectivity index (χ1) is 9.54. The van der Waals surface area contributed by atoms with Gasteiger partial charge in [-0.3, -0.25) is 4.79 Å². The zero-order chi connectivity index (χ0) is 15.0. The quantitative estimate of drug-likeness (QED) is 0.769. The SMILES string of the molecule is CCCOc1ccc(C(=O)NC(C)(CC)CCO)cc1.